The molecule has 138 valence electrons. The largest absolute Gasteiger partial charge is 0.308 e. The molecule has 0 spiro atoms. The second-order valence-corrected chi connectivity index (χ2v) is 8.89. The number of rotatable bonds is 6. The van der Waals surface area contributed by atoms with Gasteiger partial charge in [0.2, 0.25) is 10.0 Å². The maximum absolute atomic E-state index is 12.9. The lowest BCUT2D eigenvalue weighted by molar-refractivity contribution is 0.549. The molecular formula is C19H22N2O3S2. The summed E-state index contributed by atoms with van der Waals surface area (Å²) in [5.74, 6) is 0. The number of aryl methyl sites for hydroxylation is 2. The Labute approximate surface area is 157 Å². The first-order chi connectivity index (χ1) is 12.4. The van der Waals surface area contributed by atoms with Crippen molar-refractivity contribution in [1.82, 2.24) is 9.29 Å². The van der Waals surface area contributed by atoms with E-state index < -0.39 is 10.0 Å². The van der Waals surface area contributed by atoms with Gasteiger partial charge >= 0.3 is 4.87 Å². The van der Waals surface area contributed by atoms with Crippen molar-refractivity contribution in [3.05, 3.63) is 63.3 Å². The predicted molar refractivity (Wildman–Crippen MR) is 106 cm³/mol. The lowest BCUT2D eigenvalue weighted by atomic mass is 10.0. The summed E-state index contributed by atoms with van der Waals surface area (Å²) in [6.45, 7) is 6.39. The van der Waals surface area contributed by atoms with Crippen LogP contribution in [0.3, 0.4) is 0 Å². The zero-order valence-corrected chi connectivity index (χ0v) is 16.7. The summed E-state index contributed by atoms with van der Waals surface area (Å²) in [5, 5.41) is 0. The Morgan fingerprint density at radius 1 is 1.15 bits per heavy atom. The maximum Gasteiger partial charge on any atom is 0.308 e. The van der Waals surface area contributed by atoms with Crippen LogP contribution >= 0.6 is 11.3 Å². The molecule has 1 aromatic heterocycles. The van der Waals surface area contributed by atoms with Crippen LogP contribution < -0.4 is 9.60 Å². The lowest BCUT2D eigenvalue weighted by Crippen LogP contribution is -2.28. The van der Waals surface area contributed by atoms with E-state index in [9.17, 15) is 13.2 Å². The van der Waals surface area contributed by atoms with Crippen molar-refractivity contribution in [3.8, 4) is 0 Å². The average Bonchev–Trinajstić information content (AvgIpc) is 2.94. The van der Waals surface area contributed by atoms with E-state index >= 15 is 0 Å². The Morgan fingerprint density at radius 2 is 1.88 bits per heavy atom. The van der Waals surface area contributed by atoms with Crippen LogP contribution in [-0.2, 0) is 16.6 Å². The number of nitrogens with zero attached hydrogens (tertiary/aromatic N) is 1. The molecule has 3 rings (SSSR count). The fourth-order valence-electron chi connectivity index (χ4n) is 3.11. The molecule has 0 aliphatic carbocycles. The molecule has 26 heavy (non-hydrogen) atoms. The van der Waals surface area contributed by atoms with E-state index in [1.807, 2.05) is 45.0 Å². The molecule has 0 saturated heterocycles. The van der Waals surface area contributed by atoms with Crippen LogP contribution in [0.2, 0.25) is 0 Å². The standard InChI is InChI=1S/C19H22N2O3S2/c1-4-16(15-9-7-6-8-13(15)3)20-26(23,24)14-10-11-17-18(12-14)25-19(22)21(17)5-2/h6-12,16,20H,4-5H2,1-3H3/t16-/m1/s1. The smallest absolute Gasteiger partial charge is 0.299 e. The molecule has 0 bridgehead atoms. The molecule has 0 aliphatic heterocycles. The molecule has 1 N–H and O–H groups in total. The fraction of sp³-hybridized carbons (Fsp3) is 0.316. The molecule has 0 amide bonds. The van der Waals surface area contributed by atoms with Crippen molar-refractivity contribution in [2.24, 2.45) is 0 Å². The van der Waals surface area contributed by atoms with Gasteiger partial charge in [-0.25, -0.2) is 13.1 Å². The minimum atomic E-state index is -3.69. The van der Waals surface area contributed by atoms with Gasteiger partial charge in [0, 0.05) is 12.6 Å². The molecular weight excluding hydrogens is 368 g/mol. The Bertz CT molecular complexity index is 1100. The number of fused-ring (bicyclic) bond motifs is 1. The van der Waals surface area contributed by atoms with Crippen LogP contribution in [0, 0.1) is 6.92 Å². The SMILES string of the molecule is CC[C@@H](NS(=O)(=O)c1ccc2c(c1)sc(=O)n2CC)c1ccccc1C. The third-order valence-corrected chi connectivity index (χ3v) is 6.95. The van der Waals surface area contributed by atoms with E-state index in [4.69, 9.17) is 0 Å². The highest BCUT2D eigenvalue weighted by atomic mass is 32.2. The van der Waals surface area contributed by atoms with E-state index in [2.05, 4.69) is 4.72 Å². The second kappa shape index (κ2) is 7.34. The van der Waals surface area contributed by atoms with Gasteiger partial charge in [-0.3, -0.25) is 9.36 Å². The molecule has 0 fully saturated rings. The zero-order valence-electron chi connectivity index (χ0n) is 15.0. The van der Waals surface area contributed by atoms with Crippen LogP contribution in [0.5, 0.6) is 0 Å². The van der Waals surface area contributed by atoms with E-state index in [-0.39, 0.29) is 15.8 Å². The number of benzene rings is 2. The molecule has 1 heterocycles. The van der Waals surface area contributed by atoms with Gasteiger partial charge in [-0.2, -0.15) is 0 Å². The minimum absolute atomic E-state index is 0.0728. The highest BCUT2D eigenvalue weighted by Gasteiger charge is 2.22. The zero-order chi connectivity index (χ0) is 18.9. The molecule has 5 nitrogen and oxygen atoms in total. The van der Waals surface area contributed by atoms with Crippen molar-refractivity contribution in [3.63, 3.8) is 0 Å². The van der Waals surface area contributed by atoms with Crippen LogP contribution in [-0.4, -0.2) is 13.0 Å². The van der Waals surface area contributed by atoms with E-state index in [0.29, 0.717) is 17.7 Å². The Hall–Kier alpha value is -1.96. The summed E-state index contributed by atoms with van der Waals surface area (Å²) in [6, 6.07) is 12.3. The fourth-order valence-corrected chi connectivity index (χ4v) is 5.51. The van der Waals surface area contributed by atoms with Crippen LogP contribution in [0.25, 0.3) is 10.2 Å². The van der Waals surface area contributed by atoms with E-state index in [1.54, 1.807) is 22.8 Å². The maximum atomic E-state index is 12.9. The summed E-state index contributed by atoms with van der Waals surface area (Å²) in [6.07, 6.45) is 0.645. The van der Waals surface area contributed by atoms with Crippen LogP contribution in [0.4, 0.5) is 0 Å². The van der Waals surface area contributed by atoms with Crippen molar-refractivity contribution in [2.45, 2.75) is 44.7 Å². The number of hydrogen-bond donors (Lipinski definition) is 1. The molecule has 3 aromatic rings. The molecule has 7 heteroatoms. The first-order valence-electron chi connectivity index (χ1n) is 8.58. The quantitative estimate of drug-likeness (QED) is 0.696. The predicted octanol–water partition coefficient (Wildman–Crippen LogP) is 3.82. The summed E-state index contributed by atoms with van der Waals surface area (Å²) >= 11 is 1.07. The van der Waals surface area contributed by atoms with Crippen molar-refractivity contribution in [1.29, 1.82) is 0 Å². The van der Waals surface area contributed by atoms with Gasteiger partial charge in [-0.15, -0.1) is 0 Å². The molecule has 0 unspecified atom stereocenters. The third-order valence-electron chi connectivity index (χ3n) is 4.54. The minimum Gasteiger partial charge on any atom is -0.299 e. The van der Waals surface area contributed by atoms with Crippen molar-refractivity contribution >= 4 is 31.6 Å². The Kier molecular flexibility index (Phi) is 5.32. The topological polar surface area (TPSA) is 68.2 Å². The van der Waals surface area contributed by atoms with Gasteiger partial charge in [0.15, 0.2) is 0 Å². The monoisotopic (exact) mass is 390 g/mol. The number of aromatic nitrogens is 1. The number of thiazole rings is 1. The lowest BCUT2D eigenvalue weighted by Gasteiger charge is -2.19. The van der Waals surface area contributed by atoms with Crippen molar-refractivity contribution in [2.75, 3.05) is 0 Å². The number of sulfonamides is 1. The van der Waals surface area contributed by atoms with E-state index in [1.165, 1.54) is 0 Å². The first-order valence-corrected chi connectivity index (χ1v) is 10.9. The Morgan fingerprint density at radius 3 is 2.54 bits per heavy atom. The first kappa shape index (κ1) is 18.8. The van der Waals surface area contributed by atoms with Crippen LogP contribution in [0.1, 0.15) is 37.4 Å². The highest BCUT2D eigenvalue weighted by Crippen LogP contribution is 2.25. The average molecular weight is 391 g/mol. The van der Waals surface area contributed by atoms with Gasteiger partial charge < -0.3 is 0 Å². The molecule has 0 saturated carbocycles. The second-order valence-electron chi connectivity index (χ2n) is 6.18. The Balaban J connectivity index is 1.98. The van der Waals surface area contributed by atoms with Crippen LogP contribution in [0.15, 0.2) is 52.2 Å². The third kappa shape index (κ3) is 3.47. The van der Waals surface area contributed by atoms with Gasteiger partial charge in [0.25, 0.3) is 0 Å². The summed E-state index contributed by atoms with van der Waals surface area (Å²) < 4.78 is 30.9. The highest BCUT2D eigenvalue weighted by molar-refractivity contribution is 7.89. The summed E-state index contributed by atoms with van der Waals surface area (Å²) in [4.78, 5) is 12.1. The molecule has 0 radical (unpaired) electrons. The van der Waals surface area contributed by atoms with Gasteiger partial charge in [-0.1, -0.05) is 42.5 Å². The van der Waals surface area contributed by atoms with E-state index in [0.717, 1.165) is 28.0 Å². The number of hydrogen-bond acceptors (Lipinski definition) is 4. The van der Waals surface area contributed by atoms with Gasteiger partial charge in [-0.05, 0) is 49.6 Å². The van der Waals surface area contributed by atoms with Gasteiger partial charge in [0.05, 0.1) is 15.1 Å². The molecule has 1 atom stereocenters. The normalized spacial score (nSPS) is 13.2. The summed E-state index contributed by atoms with van der Waals surface area (Å²) in [5.41, 5.74) is 2.80. The molecule has 2 aromatic carbocycles. The van der Waals surface area contributed by atoms with Crippen molar-refractivity contribution < 1.29 is 8.42 Å². The number of nitrogens with one attached hydrogen (secondary N) is 1. The molecule has 0 aliphatic rings. The van der Waals surface area contributed by atoms with Gasteiger partial charge in [0.1, 0.15) is 0 Å². The summed E-state index contributed by atoms with van der Waals surface area (Å²) in [7, 11) is -3.69.